The quantitative estimate of drug-likeness (QED) is 0.855. The van der Waals surface area contributed by atoms with Crippen molar-refractivity contribution in [2.75, 3.05) is 0 Å². The van der Waals surface area contributed by atoms with Crippen LogP contribution < -0.4 is 5.73 Å². The number of fused-ring (bicyclic) bond motifs is 1. The molecule has 0 bridgehead atoms. The lowest BCUT2D eigenvalue weighted by atomic mass is 9.93. The highest BCUT2D eigenvalue weighted by Crippen LogP contribution is 2.25. The third-order valence-electron chi connectivity index (χ3n) is 3.34. The average molecular weight is 217 g/mol. The normalized spacial score (nSPS) is 13.5. The summed E-state index contributed by atoms with van der Waals surface area (Å²) in [4.78, 5) is 4.37. The van der Waals surface area contributed by atoms with Crippen LogP contribution in [0.5, 0.6) is 0 Å². The Labute approximate surface area is 96.3 Å². The zero-order valence-electron chi connectivity index (χ0n) is 9.93. The number of aromatic nitrogens is 2. The van der Waals surface area contributed by atoms with Gasteiger partial charge in [-0.1, -0.05) is 32.8 Å². The molecular weight excluding hydrogens is 198 g/mol. The summed E-state index contributed by atoms with van der Waals surface area (Å²) in [6.07, 6.45) is 6.15. The summed E-state index contributed by atoms with van der Waals surface area (Å²) in [6.45, 7) is 4.38. The Morgan fingerprint density at radius 2 is 2.06 bits per heavy atom. The summed E-state index contributed by atoms with van der Waals surface area (Å²) >= 11 is 0. The molecule has 0 aromatic carbocycles. The molecule has 0 spiro atoms. The number of rotatable bonds is 4. The average Bonchev–Trinajstić information content (AvgIpc) is 2.74. The number of nitrogens with zero attached hydrogens (tertiary/aromatic N) is 2. The number of pyridine rings is 1. The van der Waals surface area contributed by atoms with E-state index in [2.05, 4.69) is 23.2 Å². The van der Waals surface area contributed by atoms with Crippen LogP contribution in [0.25, 0.3) is 5.65 Å². The maximum atomic E-state index is 6.31. The molecule has 0 aliphatic carbocycles. The van der Waals surface area contributed by atoms with Gasteiger partial charge in [-0.2, -0.15) is 0 Å². The smallest absolute Gasteiger partial charge is 0.136 e. The molecule has 0 aliphatic rings. The van der Waals surface area contributed by atoms with Gasteiger partial charge in [-0.15, -0.1) is 0 Å². The number of hydrogen-bond donors (Lipinski definition) is 1. The van der Waals surface area contributed by atoms with E-state index in [-0.39, 0.29) is 6.04 Å². The van der Waals surface area contributed by atoms with Gasteiger partial charge >= 0.3 is 0 Å². The van der Waals surface area contributed by atoms with Gasteiger partial charge in [-0.25, -0.2) is 4.98 Å². The minimum absolute atomic E-state index is 0.0763. The van der Waals surface area contributed by atoms with Crippen molar-refractivity contribution in [3.63, 3.8) is 0 Å². The van der Waals surface area contributed by atoms with E-state index in [1.54, 1.807) is 0 Å². The van der Waals surface area contributed by atoms with Crippen molar-refractivity contribution in [2.24, 2.45) is 11.7 Å². The summed E-state index contributed by atoms with van der Waals surface area (Å²) in [5.41, 5.74) is 8.40. The largest absolute Gasteiger partial charge is 0.322 e. The van der Waals surface area contributed by atoms with Crippen LogP contribution in [-0.2, 0) is 0 Å². The maximum absolute atomic E-state index is 6.31. The Bertz CT molecular complexity index is 457. The fourth-order valence-electron chi connectivity index (χ4n) is 2.24. The van der Waals surface area contributed by atoms with Gasteiger partial charge in [0.25, 0.3) is 0 Å². The first-order chi connectivity index (χ1) is 7.77. The fraction of sp³-hybridized carbons (Fsp3) is 0.462. The van der Waals surface area contributed by atoms with Gasteiger partial charge in [0.15, 0.2) is 0 Å². The highest BCUT2D eigenvalue weighted by Gasteiger charge is 2.19. The van der Waals surface area contributed by atoms with E-state index in [1.807, 2.05) is 30.6 Å². The Morgan fingerprint density at radius 1 is 1.31 bits per heavy atom. The zero-order chi connectivity index (χ0) is 11.5. The SMILES string of the molecule is CCC(CC)C(N)c1cnc2ccccn12. The van der Waals surface area contributed by atoms with E-state index in [9.17, 15) is 0 Å². The lowest BCUT2D eigenvalue weighted by Gasteiger charge is -2.20. The van der Waals surface area contributed by atoms with E-state index < -0.39 is 0 Å². The monoisotopic (exact) mass is 217 g/mol. The molecule has 0 fully saturated rings. The molecule has 2 aromatic rings. The molecule has 3 heteroatoms. The van der Waals surface area contributed by atoms with Crippen LogP contribution in [0.2, 0.25) is 0 Å². The van der Waals surface area contributed by atoms with Gasteiger partial charge in [-0.05, 0) is 18.1 Å². The van der Waals surface area contributed by atoms with Crippen molar-refractivity contribution in [3.05, 3.63) is 36.3 Å². The topological polar surface area (TPSA) is 43.3 Å². The summed E-state index contributed by atoms with van der Waals surface area (Å²) in [5.74, 6) is 0.528. The molecule has 1 unspecified atom stereocenters. The van der Waals surface area contributed by atoms with Crippen LogP contribution >= 0.6 is 0 Å². The molecule has 2 N–H and O–H groups in total. The summed E-state index contributed by atoms with van der Waals surface area (Å²) in [7, 11) is 0. The minimum atomic E-state index is 0.0763. The van der Waals surface area contributed by atoms with Crippen molar-refractivity contribution in [1.29, 1.82) is 0 Å². The Hall–Kier alpha value is -1.35. The van der Waals surface area contributed by atoms with Gasteiger partial charge < -0.3 is 10.1 Å². The van der Waals surface area contributed by atoms with Crippen LogP contribution in [-0.4, -0.2) is 9.38 Å². The maximum Gasteiger partial charge on any atom is 0.136 e. The van der Waals surface area contributed by atoms with Crippen molar-refractivity contribution < 1.29 is 0 Å². The fourth-order valence-corrected chi connectivity index (χ4v) is 2.24. The predicted molar refractivity (Wildman–Crippen MR) is 66.2 cm³/mol. The first kappa shape index (κ1) is 11.1. The van der Waals surface area contributed by atoms with Crippen molar-refractivity contribution in [2.45, 2.75) is 32.7 Å². The lowest BCUT2D eigenvalue weighted by Crippen LogP contribution is -2.21. The van der Waals surface area contributed by atoms with Gasteiger partial charge in [0, 0.05) is 12.2 Å². The summed E-state index contributed by atoms with van der Waals surface area (Å²) < 4.78 is 2.09. The molecular formula is C13H19N3. The van der Waals surface area contributed by atoms with Gasteiger partial charge in [0.1, 0.15) is 5.65 Å². The molecule has 2 aromatic heterocycles. The molecule has 0 amide bonds. The molecule has 0 saturated carbocycles. The third-order valence-corrected chi connectivity index (χ3v) is 3.34. The standard InChI is InChI=1S/C13H19N3/c1-3-10(4-2)13(14)11-9-15-12-7-5-6-8-16(11)12/h5-10,13H,3-4,14H2,1-2H3. The Morgan fingerprint density at radius 3 is 2.75 bits per heavy atom. The van der Waals surface area contributed by atoms with Gasteiger partial charge in [0.2, 0.25) is 0 Å². The number of hydrogen-bond acceptors (Lipinski definition) is 2. The van der Waals surface area contributed by atoms with Crippen molar-refractivity contribution in [3.8, 4) is 0 Å². The predicted octanol–water partition coefficient (Wildman–Crippen LogP) is 2.77. The van der Waals surface area contributed by atoms with Gasteiger partial charge in [0.05, 0.1) is 11.9 Å². The van der Waals surface area contributed by atoms with Crippen molar-refractivity contribution >= 4 is 5.65 Å². The second-order valence-electron chi connectivity index (χ2n) is 4.21. The first-order valence-corrected chi connectivity index (χ1v) is 5.95. The molecule has 1 atom stereocenters. The first-order valence-electron chi connectivity index (χ1n) is 5.95. The van der Waals surface area contributed by atoms with E-state index in [0.29, 0.717) is 5.92 Å². The number of nitrogens with two attached hydrogens (primary N) is 1. The minimum Gasteiger partial charge on any atom is -0.322 e. The van der Waals surface area contributed by atoms with Crippen LogP contribution in [0.4, 0.5) is 0 Å². The third kappa shape index (κ3) is 1.83. The molecule has 16 heavy (non-hydrogen) atoms. The van der Waals surface area contributed by atoms with E-state index in [0.717, 1.165) is 24.2 Å². The molecule has 86 valence electrons. The highest BCUT2D eigenvalue weighted by molar-refractivity contribution is 5.40. The summed E-state index contributed by atoms with van der Waals surface area (Å²) in [6, 6.07) is 6.09. The van der Waals surface area contributed by atoms with Crippen LogP contribution in [0.1, 0.15) is 38.4 Å². The Kier molecular flexibility index (Phi) is 3.25. The van der Waals surface area contributed by atoms with Crippen LogP contribution in [0.15, 0.2) is 30.6 Å². The van der Waals surface area contributed by atoms with Crippen molar-refractivity contribution in [1.82, 2.24) is 9.38 Å². The summed E-state index contributed by atoms with van der Waals surface area (Å²) in [5, 5.41) is 0. The number of imidazole rings is 1. The zero-order valence-corrected chi connectivity index (χ0v) is 9.93. The molecule has 3 nitrogen and oxygen atoms in total. The lowest BCUT2D eigenvalue weighted by molar-refractivity contribution is 0.397. The van der Waals surface area contributed by atoms with E-state index >= 15 is 0 Å². The van der Waals surface area contributed by atoms with Gasteiger partial charge in [-0.3, -0.25) is 0 Å². The van der Waals surface area contributed by atoms with E-state index in [1.165, 1.54) is 0 Å². The molecule has 0 saturated heterocycles. The Balaban J connectivity index is 2.39. The second kappa shape index (κ2) is 4.66. The van der Waals surface area contributed by atoms with Crippen LogP contribution in [0, 0.1) is 5.92 Å². The highest BCUT2D eigenvalue weighted by atomic mass is 15.0. The van der Waals surface area contributed by atoms with E-state index in [4.69, 9.17) is 5.73 Å². The van der Waals surface area contributed by atoms with Crippen LogP contribution in [0.3, 0.4) is 0 Å². The molecule has 2 heterocycles. The molecule has 0 aliphatic heterocycles. The second-order valence-corrected chi connectivity index (χ2v) is 4.21. The molecule has 0 radical (unpaired) electrons. The molecule has 2 rings (SSSR count).